The highest BCUT2D eigenvalue weighted by Crippen LogP contribution is 2.32. The van der Waals surface area contributed by atoms with Crippen LogP contribution < -0.4 is 10.1 Å². The minimum absolute atomic E-state index is 0.257. The zero-order valence-electron chi connectivity index (χ0n) is 15.2. The number of benzene rings is 1. The molecule has 2 aliphatic heterocycles. The summed E-state index contributed by atoms with van der Waals surface area (Å²) in [4.78, 5) is 33.3. The minimum Gasteiger partial charge on any atom is -0.494 e. The summed E-state index contributed by atoms with van der Waals surface area (Å²) in [6, 6.07) is 4.89. The van der Waals surface area contributed by atoms with Crippen LogP contribution in [0.4, 0.5) is 5.69 Å². The van der Waals surface area contributed by atoms with Crippen LogP contribution in [0.1, 0.15) is 24.8 Å². The molecule has 0 radical (unpaired) electrons. The molecule has 1 amide bonds. The third-order valence-electron chi connectivity index (χ3n) is 4.81. The largest absolute Gasteiger partial charge is 0.494 e. The molecule has 0 aliphatic carbocycles. The third-order valence-corrected chi connectivity index (χ3v) is 4.81. The summed E-state index contributed by atoms with van der Waals surface area (Å²) in [5, 5.41) is 11.7. The maximum absolute atomic E-state index is 12.1. The molecule has 0 bridgehead atoms. The highest BCUT2D eigenvalue weighted by Gasteiger charge is 2.40. The summed E-state index contributed by atoms with van der Waals surface area (Å²) in [6.45, 7) is 1.93. The molecule has 1 fully saturated rings. The Morgan fingerprint density at radius 1 is 1.36 bits per heavy atom. The maximum Gasteiger partial charge on any atom is 0.305 e. The number of rotatable bonds is 8. The van der Waals surface area contributed by atoms with E-state index in [1.807, 2.05) is 29.0 Å². The number of hydrogen-bond acceptors (Lipinski definition) is 6. The van der Waals surface area contributed by atoms with E-state index < -0.39 is 12.0 Å². The van der Waals surface area contributed by atoms with E-state index in [1.54, 1.807) is 17.4 Å². The molecule has 1 aromatic carbocycles. The second-order valence-corrected chi connectivity index (χ2v) is 6.81. The predicted octanol–water partition coefficient (Wildman–Crippen LogP) is 1.52. The Hall–Kier alpha value is -3.36. The molecule has 9 heteroatoms. The Kier molecular flexibility index (Phi) is 4.96. The van der Waals surface area contributed by atoms with Gasteiger partial charge < -0.3 is 19.3 Å². The van der Waals surface area contributed by atoms with Gasteiger partial charge in [0.15, 0.2) is 0 Å². The summed E-state index contributed by atoms with van der Waals surface area (Å²) >= 11 is 0. The van der Waals surface area contributed by atoms with Gasteiger partial charge in [-0.3, -0.25) is 14.9 Å². The standard InChI is InChI=1S/C19H21N5O4/c25-17(26)10-16-18(27)22-19-21-15-4-3-14(9-13(15)11-24(16)19)28-8-2-1-6-23-7-5-20-12-23/h3-5,7,9,12,16H,1-2,6,8,10-11H2,(H,25,26)(H,21,22,27). The van der Waals surface area contributed by atoms with Crippen LogP contribution in [0, 0.1) is 0 Å². The summed E-state index contributed by atoms with van der Waals surface area (Å²) in [5.41, 5.74) is 1.67. The normalized spacial score (nSPS) is 17.6. The molecule has 2 aromatic rings. The van der Waals surface area contributed by atoms with E-state index in [1.165, 1.54) is 0 Å². The molecule has 9 nitrogen and oxygen atoms in total. The van der Waals surface area contributed by atoms with Gasteiger partial charge in [-0.2, -0.15) is 0 Å². The van der Waals surface area contributed by atoms with Gasteiger partial charge in [-0.05, 0) is 31.0 Å². The van der Waals surface area contributed by atoms with E-state index in [-0.39, 0.29) is 12.3 Å². The number of carbonyl (C=O) groups excluding carboxylic acids is 1. The van der Waals surface area contributed by atoms with Crippen molar-refractivity contribution >= 4 is 23.5 Å². The van der Waals surface area contributed by atoms with Gasteiger partial charge in [-0.15, -0.1) is 0 Å². The number of carboxylic acid groups (broad SMARTS) is 1. The maximum atomic E-state index is 12.1. The molecule has 146 valence electrons. The predicted molar refractivity (Wildman–Crippen MR) is 100 cm³/mol. The monoisotopic (exact) mass is 383 g/mol. The molecular weight excluding hydrogens is 362 g/mol. The Bertz CT molecular complexity index is 909. The smallest absolute Gasteiger partial charge is 0.305 e. The molecule has 3 heterocycles. The summed E-state index contributed by atoms with van der Waals surface area (Å²) in [7, 11) is 0. The number of nitrogens with zero attached hydrogens (tertiary/aromatic N) is 4. The second-order valence-electron chi connectivity index (χ2n) is 6.81. The summed E-state index contributed by atoms with van der Waals surface area (Å²) in [6.07, 6.45) is 7.16. The van der Waals surface area contributed by atoms with Crippen LogP contribution in [0.2, 0.25) is 0 Å². The van der Waals surface area contributed by atoms with Crippen molar-refractivity contribution in [3.05, 3.63) is 42.5 Å². The average Bonchev–Trinajstić information content (AvgIpc) is 3.28. The molecule has 4 rings (SSSR count). The molecule has 2 N–H and O–H groups in total. The van der Waals surface area contributed by atoms with Gasteiger partial charge >= 0.3 is 5.97 Å². The number of amides is 1. The van der Waals surface area contributed by atoms with Gasteiger partial charge in [0, 0.05) is 31.0 Å². The molecule has 1 unspecified atom stereocenters. The molecule has 0 spiro atoms. The Morgan fingerprint density at radius 2 is 2.25 bits per heavy atom. The number of hydrogen-bond donors (Lipinski definition) is 2. The van der Waals surface area contributed by atoms with Crippen molar-refractivity contribution in [3.63, 3.8) is 0 Å². The van der Waals surface area contributed by atoms with Crippen LogP contribution in [-0.4, -0.2) is 50.0 Å². The van der Waals surface area contributed by atoms with Gasteiger partial charge in [-0.1, -0.05) is 0 Å². The number of ether oxygens (including phenoxy) is 1. The van der Waals surface area contributed by atoms with Crippen molar-refractivity contribution < 1.29 is 19.4 Å². The molecular formula is C19H21N5O4. The summed E-state index contributed by atoms with van der Waals surface area (Å²) < 4.78 is 7.88. The van der Waals surface area contributed by atoms with Gasteiger partial charge in [0.05, 0.1) is 25.0 Å². The quantitative estimate of drug-likeness (QED) is 0.669. The highest BCUT2D eigenvalue weighted by atomic mass is 16.5. The third kappa shape index (κ3) is 3.83. The molecule has 28 heavy (non-hydrogen) atoms. The van der Waals surface area contributed by atoms with E-state index >= 15 is 0 Å². The van der Waals surface area contributed by atoms with Gasteiger partial charge in [-0.25, -0.2) is 9.98 Å². The fourth-order valence-corrected chi connectivity index (χ4v) is 3.39. The molecule has 0 saturated carbocycles. The van der Waals surface area contributed by atoms with Crippen LogP contribution in [0.5, 0.6) is 5.75 Å². The van der Waals surface area contributed by atoms with E-state index in [0.717, 1.165) is 36.4 Å². The lowest BCUT2D eigenvalue weighted by molar-refractivity contribution is -0.140. The number of unbranched alkanes of at least 4 members (excludes halogenated alkanes) is 1. The van der Waals surface area contributed by atoms with Crippen molar-refractivity contribution in [2.24, 2.45) is 4.99 Å². The van der Waals surface area contributed by atoms with E-state index in [9.17, 15) is 9.59 Å². The first kappa shape index (κ1) is 18.0. The van der Waals surface area contributed by atoms with Gasteiger partial charge in [0.25, 0.3) is 0 Å². The Morgan fingerprint density at radius 3 is 3.04 bits per heavy atom. The lowest BCUT2D eigenvalue weighted by Crippen LogP contribution is -2.38. The van der Waals surface area contributed by atoms with Crippen LogP contribution in [0.15, 0.2) is 41.9 Å². The molecule has 1 aromatic heterocycles. The Labute approximate surface area is 161 Å². The molecule has 2 aliphatic rings. The first-order chi connectivity index (χ1) is 13.6. The van der Waals surface area contributed by atoms with Crippen LogP contribution in [0.25, 0.3) is 0 Å². The van der Waals surface area contributed by atoms with E-state index in [0.29, 0.717) is 19.1 Å². The highest BCUT2D eigenvalue weighted by molar-refractivity contribution is 6.08. The fraction of sp³-hybridized carbons (Fsp3) is 0.368. The van der Waals surface area contributed by atoms with Crippen LogP contribution in [-0.2, 0) is 22.7 Å². The number of imidazole rings is 1. The number of aliphatic imine (C=N–C) groups is 1. The number of aromatic nitrogens is 2. The van der Waals surface area contributed by atoms with E-state index in [4.69, 9.17) is 9.84 Å². The topological polar surface area (TPSA) is 109 Å². The van der Waals surface area contributed by atoms with Gasteiger partial charge in [0.2, 0.25) is 11.9 Å². The minimum atomic E-state index is -1.01. The van der Waals surface area contributed by atoms with Crippen molar-refractivity contribution in [3.8, 4) is 5.75 Å². The zero-order valence-corrected chi connectivity index (χ0v) is 15.2. The first-order valence-electron chi connectivity index (χ1n) is 9.19. The van der Waals surface area contributed by atoms with Crippen molar-refractivity contribution in [1.82, 2.24) is 19.8 Å². The zero-order chi connectivity index (χ0) is 19.5. The van der Waals surface area contributed by atoms with Crippen LogP contribution >= 0.6 is 0 Å². The number of aryl methyl sites for hydroxylation is 1. The molecule has 1 saturated heterocycles. The first-order valence-corrected chi connectivity index (χ1v) is 9.19. The van der Waals surface area contributed by atoms with Crippen molar-refractivity contribution in [2.45, 2.75) is 38.4 Å². The van der Waals surface area contributed by atoms with Crippen molar-refractivity contribution in [2.75, 3.05) is 6.61 Å². The van der Waals surface area contributed by atoms with E-state index in [2.05, 4.69) is 15.3 Å². The second kappa shape index (κ2) is 7.71. The number of aliphatic carboxylic acids is 1. The number of guanidine groups is 1. The molecule has 1 atom stereocenters. The fourth-order valence-electron chi connectivity index (χ4n) is 3.39. The number of carboxylic acids is 1. The van der Waals surface area contributed by atoms with Crippen molar-refractivity contribution in [1.29, 1.82) is 0 Å². The van der Waals surface area contributed by atoms with Crippen LogP contribution in [0.3, 0.4) is 0 Å². The lowest BCUT2D eigenvalue weighted by Gasteiger charge is -2.27. The lowest BCUT2D eigenvalue weighted by atomic mass is 10.1. The van der Waals surface area contributed by atoms with Gasteiger partial charge in [0.1, 0.15) is 11.8 Å². The number of fused-ring (bicyclic) bond motifs is 2. The Balaban J connectivity index is 1.35. The number of carbonyl (C=O) groups is 2. The number of nitrogens with one attached hydrogen (secondary N) is 1. The summed E-state index contributed by atoms with van der Waals surface area (Å²) in [5.74, 6) is -0.187. The SMILES string of the molecule is O=C(O)CC1C(=O)NC2=Nc3ccc(OCCCCn4ccnc4)cc3CN21. The average molecular weight is 383 g/mol.